The number of nitrogens with one attached hydrogen (secondary N) is 1. The monoisotopic (exact) mass is 271 g/mol. The van der Waals surface area contributed by atoms with Gasteiger partial charge >= 0.3 is 0 Å². The summed E-state index contributed by atoms with van der Waals surface area (Å²) in [5.41, 5.74) is 3.20. The summed E-state index contributed by atoms with van der Waals surface area (Å²) in [6.07, 6.45) is 6.78. The smallest absolute Gasteiger partial charge is 0.165 e. The standard InChI is InChI=1S/C17H21NO2/c1-2-12-5-3-7-14-15(11-18-17(12)14)16(19)9-8-13-6-4-10-20-13/h3,5,7,11,13,18H,2,4,6,8-10H2,1H3. The van der Waals surface area contributed by atoms with Gasteiger partial charge in [-0.25, -0.2) is 0 Å². The zero-order chi connectivity index (χ0) is 13.9. The molecule has 1 atom stereocenters. The number of benzene rings is 1. The third kappa shape index (κ3) is 2.50. The summed E-state index contributed by atoms with van der Waals surface area (Å²) < 4.78 is 5.58. The maximum absolute atomic E-state index is 12.4. The van der Waals surface area contributed by atoms with E-state index < -0.39 is 0 Å². The predicted octanol–water partition coefficient (Wildman–Crippen LogP) is 3.87. The molecular formula is C17H21NO2. The third-order valence-electron chi connectivity index (χ3n) is 4.20. The number of carbonyl (C=O) groups is 1. The Morgan fingerprint density at radius 1 is 1.45 bits per heavy atom. The van der Waals surface area contributed by atoms with Crippen LogP contribution in [0, 0.1) is 0 Å². The number of hydrogen-bond donors (Lipinski definition) is 1. The van der Waals surface area contributed by atoms with Crippen LogP contribution in [-0.4, -0.2) is 23.5 Å². The molecule has 1 fully saturated rings. The lowest BCUT2D eigenvalue weighted by molar-refractivity contribution is 0.0860. The van der Waals surface area contributed by atoms with Gasteiger partial charge in [-0.1, -0.05) is 25.1 Å². The largest absolute Gasteiger partial charge is 0.378 e. The molecule has 20 heavy (non-hydrogen) atoms. The predicted molar refractivity (Wildman–Crippen MR) is 80.2 cm³/mol. The molecule has 0 spiro atoms. The molecule has 2 aromatic rings. The van der Waals surface area contributed by atoms with Crippen molar-refractivity contribution in [3.05, 3.63) is 35.5 Å². The molecule has 1 saturated heterocycles. The molecular weight excluding hydrogens is 250 g/mol. The topological polar surface area (TPSA) is 42.1 Å². The number of para-hydroxylation sites is 1. The Morgan fingerprint density at radius 2 is 2.35 bits per heavy atom. The van der Waals surface area contributed by atoms with Gasteiger partial charge < -0.3 is 9.72 Å². The number of ether oxygens (including phenoxy) is 1. The van der Waals surface area contributed by atoms with Crippen molar-refractivity contribution in [1.82, 2.24) is 4.98 Å². The molecule has 106 valence electrons. The van der Waals surface area contributed by atoms with E-state index >= 15 is 0 Å². The number of fused-ring (bicyclic) bond motifs is 1. The Morgan fingerprint density at radius 3 is 3.10 bits per heavy atom. The van der Waals surface area contributed by atoms with E-state index in [2.05, 4.69) is 18.0 Å². The second-order valence-electron chi connectivity index (χ2n) is 5.49. The zero-order valence-corrected chi connectivity index (χ0v) is 11.9. The van der Waals surface area contributed by atoms with Crippen LogP contribution in [0.2, 0.25) is 0 Å². The summed E-state index contributed by atoms with van der Waals surface area (Å²) in [6.45, 7) is 2.99. The van der Waals surface area contributed by atoms with Gasteiger partial charge in [-0.3, -0.25) is 4.79 Å². The van der Waals surface area contributed by atoms with Crippen LogP contribution in [0.4, 0.5) is 0 Å². The van der Waals surface area contributed by atoms with Crippen LogP contribution in [0.1, 0.15) is 48.5 Å². The van der Waals surface area contributed by atoms with Crippen molar-refractivity contribution in [2.75, 3.05) is 6.61 Å². The maximum atomic E-state index is 12.4. The zero-order valence-electron chi connectivity index (χ0n) is 11.9. The van der Waals surface area contributed by atoms with E-state index in [0.717, 1.165) is 48.8 Å². The Labute approximate surface area is 119 Å². The molecule has 0 bridgehead atoms. The van der Waals surface area contributed by atoms with E-state index in [-0.39, 0.29) is 11.9 Å². The lowest BCUT2D eigenvalue weighted by atomic mass is 10.0. The van der Waals surface area contributed by atoms with Crippen LogP contribution in [0.25, 0.3) is 10.9 Å². The highest BCUT2D eigenvalue weighted by atomic mass is 16.5. The first-order chi connectivity index (χ1) is 9.79. The molecule has 3 rings (SSSR count). The molecule has 1 aliphatic heterocycles. The van der Waals surface area contributed by atoms with Crippen LogP contribution in [0.15, 0.2) is 24.4 Å². The Bertz CT molecular complexity index is 608. The molecule has 3 heteroatoms. The van der Waals surface area contributed by atoms with Crippen molar-refractivity contribution >= 4 is 16.7 Å². The quantitative estimate of drug-likeness (QED) is 0.839. The van der Waals surface area contributed by atoms with E-state index in [4.69, 9.17) is 4.74 Å². The molecule has 1 aromatic carbocycles. The average molecular weight is 271 g/mol. The van der Waals surface area contributed by atoms with Gasteiger partial charge in [0.15, 0.2) is 5.78 Å². The third-order valence-corrected chi connectivity index (χ3v) is 4.20. The summed E-state index contributed by atoms with van der Waals surface area (Å²) >= 11 is 0. The van der Waals surface area contributed by atoms with Gasteiger partial charge in [0.1, 0.15) is 0 Å². The number of carbonyl (C=O) groups excluding carboxylic acids is 1. The van der Waals surface area contributed by atoms with Crippen molar-refractivity contribution < 1.29 is 9.53 Å². The molecule has 0 amide bonds. The first kappa shape index (κ1) is 13.4. The molecule has 1 aliphatic rings. The highest BCUT2D eigenvalue weighted by molar-refractivity contribution is 6.08. The fourth-order valence-electron chi connectivity index (χ4n) is 3.04. The van der Waals surface area contributed by atoms with Crippen LogP contribution in [0.3, 0.4) is 0 Å². The van der Waals surface area contributed by atoms with Gasteiger partial charge in [0.25, 0.3) is 0 Å². The van der Waals surface area contributed by atoms with Crippen LogP contribution >= 0.6 is 0 Å². The SMILES string of the molecule is CCc1cccc2c(C(=O)CCC3CCCO3)c[nH]c12. The number of aromatic nitrogens is 1. The van der Waals surface area contributed by atoms with Gasteiger partial charge in [-0.05, 0) is 31.2 Å². The molecule has 3 nitrogen and oxygen atoms in total. The minimum Gasteiger partial charge on any atom is -0.378 e. The second-order valence-corrected chi connectivity index (χ2v) is 5.49. The fourth-order valence-corrected chi connectivity index (χ4v) is 3.04. The molecule has 1 unspecified atom stereocenters. The van der Waals surface area contributed by atoms with Crippen LogP contribution in [0.5, 0.6) is 0 Å². The number of Topliss-reactive ketones (excluding diaryl/α,β-unsaturated/α-hetero) is 1. The number of aryl methyl sites for hydroxylation is 1. The lowest BCUT2D eigenvalue weighted by Gasteiger charge is -2.07. The van der Waals surface area contributed by atoms with Crippen molar-refractivity contribution in [1.29, 1.82) is 0 Å². The minimum atomic E-state index is 0.222. The first-order valence-electron chi connectivity index (χ1n) is 7.53. The summed E-state index contributed by atoms with van der Waals surface area (Å²) in [5, 5.41) is 1.06. The van der Waals surface area contributed by atoms with E-state index in [9.17, 15) is 4.79 Å². The molecule has 1 N–H and O–H groups in total. The average Bonchev–Trinajstić information content (AvgIpc) is 3.13. The highest BCUT2D eigenvalue weighted by Gasteiger charge is 2.19. The second kappa shape index (κ2) is 5.80. The van der Waals surface area contributed by atoms with Gasteiger partial charge in [0.2, 0.25) is 0 Å². The van der Waals surface area contributed by atoms with Gasteiger partial charge in [-0.2, -0.15) is 0 Å². The summed E-state index contributed by atoms with van der Waals surface area (Å²) in [5.74, 6) is 0.222. The Kier molecular flexibility index (Phi) is 3.88. The van der Waals surface area contributed by atoms with E-state index in [0.29, 0.717) is 6.42 Å². The normalized spacial score (nSPS) is 18.8. The molecule has 0 saturated carbocycles. The van der Waals surface area contributed by atoms with Gasteiger partial charge in [-0.15, -0.1) is 0 Å². The van der Waals surface area contributed by atoms with Crippen molar-refractivity contribution in [3.8, 4) is 0 Å². The van der Waals surface area contributed by atoms with E-state index in [1.165, 1.54) is 5.56 Å². The minimum absolute atomic E-state index is 0.222. The molecule has 0 radical (unpaired) electrons. The Balaban J connectivity index is 1.77. The molecule has 2 heterocycles. The first-order valence-corrected chi connectivity index (χ1v) is 7.53. The van der Waals surface area contributed by atoms with Gasteiger partial charge in [0.05, 0.1) is 6.10 Å². The van der Waals surface area contributed by atoms with Gasteiger partial charge in [0, 0.05) is 35.7 Å². The van der Waals surface area contributed by atoms with Crippen LogP contribution in [-0.2, 0) is 11.2 Å². The van der Waals surface area contributed by atoms with Crippen LogP contribution < -0.4 is 0 Å². The van der Waals surface area contributed by atoms with Crippen molar-refractivity contribution in [3.63, 3.8) is 0 Å². The summed E-state index contributed by atoms with van der Waals surface area (Å²) in [7, 11) is 0. The van der Waals surface area contributed by atoms with E-state index in [1.807, 2.05) is 18.3 Å². The number of ketones is 1. The number of rotatable bonds is 5. The summed E-state index contributed by atoms with van der Waals surface area (Å²) in [4.78, 5) is 15.7. The number of H-pyrrole nitrogens is 1. The van der Waals surface area contributed by atoms with Crippen molar-refractivity contribution in [2.45, 2.75) is 45.1 Å². The lowest BCUT2D eigenvalue weighted by Crippen LogP contribution is -2.08. The number of hydrogen-bond acceptors (Lipinski definition) is 2. The summed E-state index contributed by atoms with van der Waals surface area (Å²) in [6, 6.07) is 6.18. The molecule has 0 aliphatic carbocycles. The Hall–Kier alpha value is -1.61. The maximum Gasteiger partial charge on any atom is 0.165 e. The van der Waals surface area contributed by atoms with E-state index in [1.54, 1.807) is 0 Å². The highest BCUT2D eigenvalue weighted by Crippen LogP contribution is 2.25. The van der Waals surface area contributed by atoms with Crippen molar-refractivity contribution in [2.24, 2.45) is 0 Å². The molecule has 1 aromatic heterocycles. The fraction of sp³-hybridized carbons (Fsp3) is 0.471. The number of aromatic amines is 1.